The van der Waals surface area contributed by atoms with E-state index in [-0.39, 0.29) is 16.9 Å². The number of primary amides is 1. The zero-order valence-electron chi connectivity index (χ0n) is 7.93. The highest BCUT2D eigenvalue weighted by Gasteiger charge is 2.14. The second-order valence-corrected chi connectivity index (χ2v) is 4.19. The van der Waals surface area contributed by atoms with Gasteiger partial charge in [-0.2, -0.15) is 0 Å². The summed E-state index contributed by atoms with van der Waals surface area (Å²) in [5.41, 5.74) is 5.21. The summed E-state index contributed by atoms with van der Waals surface area (Å²) in [5.74, 6) is -0.116. The Morgan fingerprint density at radius 2 is 2.36 bits per heavy atom. The summed E-state index contributed by atoms with van der Waals surface area (Å²) < 4.78 is 0. The number of amides is 1. The summed E-state index contributed by atoms with van der Waals surface area (Å²) >= 11 is 1.38. The van der Waals surface area contributed by atoms with E-state index in [1.165, 1.54) is 11.8 Å². The van der Waals surface area contributed by atoms with E-state index in [0.717, 1.165) is 4.90 Å². The van der Waals surface area contributed by atoms with Crippen molar-refractivity contribution in [2.45, 2.75) is 23.5 Å². The Morgan fingerprint density at radius 1 is 1.64 bits per heavy atom. The Kier molecular flexibility index (Phi) is 3.83. The van der Waals surface area contributed by atoms with Crippen molar-refractivity contribution < 1.29 is 9.90 Å². The second kappa shape index (κ2) is 4.91. The summed E-state index contributed by atoms with van der Waals surface area (Å²) in [5, 5.41) is 8.98. The summed E-state index contributed by atoms with van der Waals surface area (Å²) in [4.78, 5) is 11.8. The molecule has 0 heterocycles. The lowest BCUT2D eigenvalue weighted by Gasteiger charge is -2.09. The Morgan fingerprint density at radius 3 is 2.86 bits per heavy atom. The summed E-state index contributed by atoms with van der Waals surface area (Å²) in [6, 6.07) is 6.80. The van der Waals surface area contributed by atoms with Crippen LogP contribution in [0.3, 0.4) is 0 Å². The first-order chi connectivity index (χ1) is 6.63. The van der Waals surface area contributed by atoms with Crippen LogP contribution in [-0.4, -0.2) is 16.3 Å². The molecular formula is C10H13NO2S. The minimum atomic E-state index is -0.319. The van der Waals surface area contributed by atoms with Gasteiger partial charge < -0.3 is 10.8 Å². The molecule has 1 unspecified atom stereocenters. The van der Waals surface area contributed by atoms with Crippen LogP contribution in [0.2, 0.25) is 0 Å². The van der Waals surface area contributed by atoms with E-state index < -0.39 is 0 Å². The van der Waals surface area contributed by atoms with Crippen molar-refractivity contribution in [3.8, 4) is 5.75 Å². The number of hydrogen-bond acceptors (Lipinski definition) is 3. The van der Waals surface area contributed by atoms with Crippen molar-refractivity contribution in [2.24, 2.45) is 5.73 Å². The minimum Gasteiger partial charge on any atom is -0.508 e. The van der Waals surface area contributed by atoms with Gasteiger partial charge in [0.15, 0.2) is 0 Å². The molecular weight excluding hydrogens is 198 g/mol. The number of aromatic hydroxyl groups is 1. The molecule has 0 spiro atoms. The number of rotatable bonds is 4. The first-order valence-corrected chi connectivity index (χ1v) is 5.26. The molecule has 76 valence electrons. The van der Waals surface area contributed by atoms with Gasteiger partial charge in [0.1, 0.15) is 5.75 Å². The minimum absolute atomic E-state index is 0.203. The van der Waals surface area contributed by atoms with Crippen molar-refractivity contribution in [2.75, 3.05) is 0 Å². The van der Waals surface area contributed by atoms with Crippen molar-refractivity contribution >= 4 is 17.7 Å². The van der Waals surface area contributed by atoms with Crippen molar-refractivity contribution in [3.63, 3.8) is 0 Å². The standard InChI is InChI=1S/C10H13NO2S/c1-2-9(10(11)13)14-8-5-3-4-7(12)6-8/h3-6,9,12H,2H2,1H3,(H2,11,13). The van der Waals surface area contributed by atoms with Crippen molar-refractivity contribution in [3.05, 3.63) is 24.3 Å². The highest BCUT2D eigenvalue weighted by atomic mass is 32.2. The Hall–Kier alpha value is -1.16. The number of benzene rings is 1. The molecule has 3 N–H and O–H groups in total. The fraction of sp³-hybridized carbons (Fsp3) is 0.300. The molecule has 1 aromatic rings. The number of thioether (sulfide) groups is 1. The average Bonchev–Trinajstić information content (AvgIpc) is 2.14. The van der Waals surface area contributed by atoms with Gasteiger partial charge in [0.05, 0.1) is 5.25 Å². The van der Waals surface area contributed by atoms with Crippen LogP contribution < -0.4 is 5.73 Å². The molecule has 0 saturated heterocycles. The van der Waals surface area contributed by atoms with Gasteiger partial charge >= 0.3 is 0 Å². The summed E-state index contributed by atoms with van der Waals surface area (Å²) in [7, 11) is 0. The normalized spacial score (nSPS) is 12.4. The number of phenols is 1. The predicted octanol–water partition coefficient (Wildman–Crippen LogP) is 1.75. The zero-order valence-corrected chi connectivity index (χ0v) is 8.75. The van der Waals surface area contributed by atoms with Gasteiger partial charge in [0, 0.05) is 4.90 Å². The quantitative estimate of drug-likeness (QED) is 0.746. The number of carbonyl (C=O) groups excluding carboxylic acids is 1. The van der Waals surface area contributed by atoms with Crippen LogP contribution in [0.25, 0.3) is 0 Å². The van der Waals surface area contributed by atoms with E-state index in [0.29, 0.717) is 6.42 Å². The first-order valence-electron chi connectivity index (χ1n) is 4.38. The van der Waals surface area contributed by atoms with Crippen LogP contribution >= 0.6 is 11.8 Å². The van der Waals surface area contributed by atoms with Gasteiger partial charge in [-0.1, -0.05) is 13.0 Å². The maximum Gasteiger partial charge on any atom is 0.230 e. The lowest BCUT2D eigenvalue weighted by atomic mass is 10.3. The van der Waals surface area contributed by atoms with Crippen LogP contribution in [0.1, 0.15) is 13.3 Å². The lowest BCUT2D eigenvalue weighted by Crippen LogP contribution is -2.24. The molecule has 14 heavy (non-hydrogen) atoms. The van der Waals surface area contributed by atoms with Crippen molar-refractivity contribution in [1.82, 2.24) is 0 Å². The second-order valence-electron chi connectivity index (χ2n) is 2.91. The summed E-state index contributed by atoms with van der Waals surface area (Å²) in [6.07, 6.45) is 0.690. The Bertz CT molecular complexity index is 328. The maximum absolute atomic E-state index is 11.0. The fourth-order valence-corrected chi connectivity index (χ4v) is 2.02. The first kappa shape index (κ1) is 10.9. The van der Waals surface area contributed by atoms with Gasteiger partial charge in [-0.05, 0) is 24.6 Å². The molecule has 1 amide bonds. The van der Waals surface area contributed by atoms with E-state index in [1.54, 1.807) is 18.2 Å². The number of carbonyl (C=O) groups is 1. The van der Waals surface area contributed by atoms with E-state index in [1.807, 2.05) is 13.0 Å². The molecule has 0 aromatic heterocycles. The molecule has 0 fully saturated rings. The SMILES string of the molecule is CCC(Sc1cccc(O)c1)C(N)=O. The maximum atomic E-state index is 11.0. The van der Waals surface area contributed by atoms with Crippen LogP contribution in [0, 0.1) is 0 Å². The molecule has 1 aromatic carbocycles. The molecule has 0 saturated carbocycles. The number of phenolic OH excluding ortho intramolecular Hbond substituents is 1. The molecule has 0 aliphatic heterocycles. The predicted molar refractivity (Wildman–Crippen MR) is 57.2 cm³/mol. The average molecular weight is 211 g/mol. The number of hydrogen-bond donors (Lipinski definition) is 2. The molecule has 0 radical (unpaired) electrons. The van der Waals surface area contributed by atoms with Crippen LogP contribution in [0.5, 0.6) is 5.75 Å². The van der Waals surface area contributed by atoms with E-state index in [4.69, 9.17) is 5.73 Å². The van der Waals surface area contributed by atoms with Gasteiger partial charge in [0.25, 0.3) is 0 Å². The smallest absolute Gasteiger partial charge is 0.230 e. The largest absolute Gasteiger partial charge is 0.508 e. The lowest BCUT2D eigenvalue weighted by molar-refractivity contribution is -0.117. The molecule has 0 aliphatic carbocycles. The van der Waals surface area contributed by atoms with Gasteiger partial charge in [-0.25, -0.2) is 0 Å². The highest BCUT2D eigenvalue weighted by Crippen LogP contribution is 2.27. The van der Waals surface area contributed by atoms with E-state index in [2.05, 4.69) is 0 Å². The van der Waals surface area contributed by atoms with Gasteiger partial charge in [-0.15, -0.1) is 11.8 Å². The molecule has 1 atom stereocenters. The summed E-state index contributed by atoms with van der Waals surface area (Å²) in [6.45, 7) is 1.91. The van der Waals surface area contributed by atoms with E-state index in [9.17, 15) is 9.90 Å². The molecule has 1 rings (SSSR count). The fourth-order valence-electron chi connectivity index (χ4n) is 1.06. The third kappa shape index (κ3) is 2.96. The topological polar surface area (TPSA) is 63.3 Å². The molecule has 4 heteroatoms. The van der Waals surface area contributed by atoms with Crippen LogP contribution in [-0.2, 0) is 4.79 Å². The monoisotopic (exact) mass is 211 g/mol. The molecule has 0 bridgehead atoms. The Balaban J connectivity index is 2.72. The number of nitrogens with two attached hydrogens (primary N) is 1. The third-order valence-corrected chi connectivity index (χ3v) is 3.16. The van der Waals surface area contributed by atoms with Gasteiger partial charge in [-0.3, -0.25) is 4.79 Å². The zero-order chi connectivity index (χ0) is 10.6. The van der Waals surface area contributed by atoms with E-state index >= 15 is 0 Å². The molecule has 0 aliphatic rings. The highest BCUT2D eigenvalue weighted by molar-refractivity contribution is 8.00. The van der Waals surface area contributed by atoms with Crippen LogP contribution in [0.15, 0.2) is 29.2 Å². The van der Waals surface area contributed by atoms with Crippen molar-refractivity contribution in [1.29, 1.82) is 0 Å². The van der Waals surface area contributed by atoms with Gasteiger partial charge in [0.2, 0.25) is 5.91 Å². The third-order valence-electron chi connectivity index (χ3n) is 1.78. The van der Waals surface area contributed by atoms with Crippen LogP contribution in [0.4, 0.5) is 0 Å². The Labute approximate surface area is 87.3 Å². The molecule has 3 nitrogen and oxygen atoms in total.